The van der Waals surface area contributed by atoms with Crippen molar-refractivity contribution in [3.8, 4) is 11.8 Å². The van der Waals surface area contributed by atoms with Gasteiger partial charge in [0.05, 0.1) is 11.1 Å². The van der Waals surface area contributed by atoms with Gasteiger partial charge in [0, 0.05) is 49.5 Å². The first-order chi connectivity index (χ1) is 14.1. The number of ether oxygens (including phenoxy) is 1. The van der Waals surface area contributed by atoms with Crippen LogP contribution in [0.5, 0.6) is 11.8 Å². The zero-order chi connectivity index (χ0) is 21.5. The third kappa shape index (κ3) is 4.45. The summed E-state index contributed by atoms with van der Waals surface area (Å²) in [4.78, 5) is 13.1. The standard InChI is InChI=1S/C19H17F6N3O2/c20-18(21,22)13-3-5-15(26-7-13)29-17-11-1-2-12(17)10-28(9-11)30-16-6-4-14(8-27-16)19(23,24)25/h3-8,11-12,17H,1-2,9-10H2/t11-,12-/m1/s1. The molecule has 4 rings (SSSR count). The molecule has 0 radical (unpaired) electrons. The number of hydrogen-bond donors (Lipinski definition) is 0. The molecule has 0 aromatic carbocycles. The van der Waals surface area contributed by atoms with Crippen LogP contribution in [0.1, 0.15) is 24.0 Å². The number of hydroxylamine groups is 2. The topological polar surface area (TPSA) is 47.5 Å². The van der Waals surface area contributed by atoms with E-state index < -0.39 is 23.5 Å². The van der Waals surface area contributed by atoms with Crippen LogP contribution in [0.4, 0.5) is 26.3 Å². The molecule has 1 aliphatic carbocycles. The van der Waals surface area contributed by atoms with Gasteiger partial charge in [-0.25, -0.2) is 9.97 Å². The summed E-state index contributed by atoms with van der Waals surface area (Å²) >= 11 is 0. The Bertz CT molecular complexity index is 856. The Balaban J connectivity index is 1.36. The number of alkyl halides is 6. The van der Waals surface area contributed by atoms with Gasteiger partial charge in [0.15, 0.2) is 0 Å². The van der Waals surface area contributed by atoms with Crippen molar-refractivity contribution in [3.63, 3.8) is 0 Å². The van der Waals surface area contributed by atoms with Crippen LogP contribution in [-0.2, 0) is 12.4 Å². The van der Waals surface area contributed by atoms with Gasteiger partial charge in [-0.05, 0) is 25.0 Å². The first kappa shape index (κ1) is 20.7. The van der Waals surface area contributed by atoms with Gasteiger partial charge in [-0.3, -0.25) is 0 Å². The van der Waals surface area contributed by atoms with Crippen molar-refractivity contribution in [1.82, 2.24) is 15.0 Å². The van der Waals surface area contributed by atoms with E-state index in [0.717, 1.165) is 37.4 Å². The maximum Gasteiger partial charge on any atom is 0.417 e. The molecule has 2 aromatic rings. The van der Waals surface area contributed by atoms with E-state index in [2.05, 4.69) is 9.97 Å². The number of aromatic nitrogens is 2. The van der Waals surface area contributed by atoms with E-state index in [1.54, 1.807) is 5.06 Å². The largest absolute Gasteiger partial charge is 0.474 e. The van der Waals surface area contributed by atoms with E-state index in [1.165, 1.54) is 12.1 Å². The third-order valence-corrected chi connectivity index (χ3v) is 5.32. The summed E-state index contributed by atoms with van der Waals surface area (Å²) in [5.74, 6) is 0.305. The molecule has 11 heteroatoms. The summed E-state index contributed by atoms with van der Waals surface area (Å²) in [6.07, 6.45) is -5.99. The summed E-state index contributed by atoms with van der Waals surface area (Å²) in [6, 6.07) is 4.21. The minimum atomic E-state index is -4.47. The minimum absolute atomic E-state index is 0.0577. The molecule has 0 amide bonds. The van der Waals surface area contributed by atoms with Gasteiger partial charge in [-0.2, -0.15) is 26.3 Å². The number of pyridine rings is 2. The smallest absolute Gasteiger partial charge is 0.417 e. The molecule has 2 aromatic heterocycles. The molecule has 1 aliphatic heterocycles. The third-order valence-electron chi connectivity index (χ3n) is 5.32. The van der Waals surface area contributed by atoms with Crippen molar-refractivity contribution in [1.29, 1.82) is 0 Å². The molecule has 0 unspecified atom stereocenters. The SMILES string of the molecule is FC(F)(F)c1ccc(OC2[C@@H]3CC[C@@H]2CN(Oc2ccc(C(F)(F)F)cn2)C3)nc1. The molecule has 5 nitrogen and oxygen atoms in total. The summed E-state index contributed by atoms with van der Waals surface area (Å²) in [7, 11) is 0. The summed E-state index contributed by atoms with van der Waals surface area (Å²) < 4.78 is 81.7. The molecule has 162 valence electrons. The Morgan fingerprint density at radius 3 is 1.70 bits per heavy atom. The number of piperidine rings is 1. The van der Waals surface area contributed by atoms with Crippen LogP contribution < -0.4 is 9.57 Å². The van der Waals surface area contributed by atoms with E-state index in [1.807, 2.05) is 0 Å². The van der Waals surface area contributed by atoms with Crippen LogP contribution in [0.15, 0.2) is 36.7 Å². The maximum atomic E-state index is 12.7. The highest BCUT2D eigenvalue weighted by molar-refractivity contribution is 5.21. The lowest BCUT2D eigenvalue weighted by molar-refractivity contribution is -0.139. The second-order valence-electron chi connectivity index (χ2n) is 7.38. The molecular formula is C19H17F6N3O2. The fraction of sp³-hybridized carbons (Fsp3) is 0.474. The molecule has 2 bridgehead atoms. The second-order valence-corrected chi connectivity index (χ2v) is 7.38. The Morgan fingerprint density at radius 2 is 1.27 bits per heavy atom. The zero-order valence-electron chi connectivity index (χ0n) is 15.5. The van der Waals surface area contributed by atoms with Gasteiger partial charge >= 0.3 is 12.4 Å². The van der Waals surface area contributed by atoms with Gasteiger partial charge in [-0.15, -0.1) is 5.06 Å². The Hall–Kier alpha value is -2.56. The number of nitrogens with zero attached hydrogens (tertiary/aromatic N) is 3. The lowest BCUT2D eigenvalue weighted by atomic mass is 9.96. The van der Waals surface area contributed by atoms with Crippen molar-refractivity contribution in [2.75, 3.05) is 13.1 Å². The molecular weight excluding hydrogens is 416 g/mol. The Kier molecular flexibility index (Phi) is 5.25. The molecule has 0 N–H and O–H groups in total. The van der Waals surface area contributed by atoms with Crippen LogP contribution in [0.2, 0.25) is 0 Å². The van der Waals surface area contributed by atoms with Gasteiger partial charge in [0.1, 0.15) is 6.10 Å². The fourth-order valence-corrected chi connectivity index (χ4v) is 3.89. The monoisotopic (exact) mass is 433 g/mol. The number of fused-ring (bicyclic) bond motifs is 2. The first-order valence-corrected chi connectivity index (χ1v) is 9.25. The maximum absolute atomic E-state index is 12.7. The number of hydrogen-bond acceptors (Lipinski definition) is 5. The predicted molar refractivity (Wildman–Crippen MR) is 91.3 cm³/mol. The zero-order valence-corrected chi connectivity index (χ0v) is 15.5. The lowest BCUT2D eigenvalue weighted by Crippen LogP contribution is -2.48. The van der Waals surface area contributed by atoms with Crippen LogP contribution in [0.25, 0.3) is 0 Å². The molecule has 2 fully saturated rings. The van der Waals surface area contributed by atoms with Gasteiger partial charge in [-0.1, -0.05) is 0 Å². The first-order valence-electron chi connectivity index (χ1n) is 9.25. The van der Waals surface area contributed by atoms with Crippen LogP contribution in [0, 0.1) is 11.8 Å². The van der Waals surface area contributed by atoms with E-state index in [4.69, 9.17) is 9.57 Å². The normalized spacial score (nSPS) is 24.7. The lowest BCUT2D eigenvalue weighted by Gasteiger charge is -2.36. The molecule has 3 heterocycles. The van der Waals surface area contributed by atoms with E-state index in [0.29, 0.717) is 13.1 Å². The summed E-state index contributed by atoms with van der Waals surface area (Å²) in [5.41, 5.74) is -1.70. The van der Waals surface area contributed by atoms with E-state index in [9.17, 15) is 26.3 Å². The van der Waals surface area contributed by atoms with Crippen molar-refractivity contribution in [2.24, 2.45) is 11.8 Å². The van der Waals surface area contributed by atoms with Crippen molar-refractivity contribution in [2.45, 2.75) is 31.3 Å². The molecule has 2 aliphatic rings. The summed E-state index contributed by atoms with van der Waals surface area (Å²) in [6.45, 7) is 0.926. The van der Waals surface area contributed by atoms with Crippen molar-refractivity contribution >= 4 is 0 Å². The van der Waals surface area contributed by atoms with Crippen molar-refractivity contribution in [3.05, 3.63) is 47.8 Å². The average molecular weight is 433 g/mol. The van der Waals surface area contributed by atoms with Gasteiger partial charge in [0.25, 0.3) is 0 Å². The highest BCUT2D eigenvalue weighted by Gasteiger charge is 2.45. The van der Waals surface area contributed by atoms with Crippen LogP contribution in [-0.4, -0.2) is 34.2 Å². The fourth-order valence-electron chi connectivity index (χ4n) is 3.89. The van der Waals surface area contributed by atoms with Crippen molar-refractivity contribution < 1.29 is 35.9 Å². The second kappa shape index (κ2) is 7.60. The number of rotatable bonds is 4. The van der Waals surface area contributed by atoms with Crippen LogP contribution >= 0.6 is 0 Å². The molecule has 0 spiro atoms. The minimum Gasteiger partial charge on any atom is -0.474 e. The quantitative estimate of drug-likeness (QED) is 0.660. The average Bonchev–Trinajstić information content (AvgIpc) is 2.90. The van der Waals surface area contributed by atoms with Gasteiger partial charge < -0.3 is 9.57 Å². The molecule has 2 atom stereocenters. The summed E-state index contributed by atoms with van der Waals surface area (Å²) in [5, 5.41) is 1.64. The van der Waals surface area contributed by atoms with Gasteiger partial charge in [0.2, 0.25) is 11.8 Å². The molecule has 30 heavy (non-hydrogen) atoms. The highest BCUT2D eigenvalue weighted by atomic mass is 19.4. The molecule has 1 saturated heterocycles. The molecule has 1 saturated carbocycles. The van der Waals surface area contributed by atoms with Crippen LogP contribution in [0.3, 0.4) is 0 Å². The predicted octanol–water partition coefficient (Wildman–Crippen LogP) is 4.60. The highest BCUT2D eigenvalue weighted by Crippen LogP contribution is 2.40. The van der Waals surface area contributed by atoms with E-state index >= 15 is 0 Å². The Labute approximate surface area is 167 Å². The number of halogens is 6. The Morgan fingerprint density at radius 1 is 0.767 bits per heavy atom. The van der Waals surface area contributed by atoms with E-state index in [-0.39, 0.29) is 29.7 Å².